The quantitative estimate of drug-likeness (QED) is 0.632. The molecule has 0 N–H and O–H groups in total. The van der Waals surface area contributed by atoms with Crippen LogP contribution < -0.4 is 0 Å². The molecule has 0 amide bonds. The zero-order valence-corrected chi connectivity index (χ0v) is 9.00. The average molecular weight is 200 g/mol. The van der Waals surface area contributed by atoms with Gasteiger partial charge < -0.3 is 4.74 Å². The summed E-state index contributed by atoms with van der Waals surface area (Å²) >= 11 is 0. The van der Waals surface area contributed by atoms with E-state index < -0.39 is 6.17 Å². The Kier molecular flexibility index (Phi) is 2.60. The molecular weight excluding hydrogens is 181 g/mol. The van der Waals surface area contributed by atoms with Gasteiger partial charge in [0, 0.05) is 12.8 Å². The zero-order valence-electron chi connectivity index (χ0n) is 9.00. The maximum atomic E-state index is 13.3. The number of fused-ring (bicyclic) bond motifs is 1. The molecule has 0 aliphatic carbocycles. The van der Waals surface area contributed by atoms with E-state index >= 15 is 0 Å². The van der Waals surface area contributed by atoms with Gasteiger partial charge in [0.2, 0.25) is 0 Å². The first-order valence-electron chi connectivity index (χ1n) is 5.50. The molecule has 0 spiro atoms. The van der Waals surface area contributed by atoms with E-state index in [0.29, 0.717) is 13.0 Å². The van der Waals surface area contributed by atoms with Crippen molar-refractivity contribution in [3.05, 3.63) is 0 Å². The highest BCUT2D eigenvalue weighted by Crippen LogP contribution is 2.35. The molecule has 2 aliphatic heterocycles. The molecule has 2 aliphatic rings. The molecule has 0 aromatic heterocycles. The van der Waals surface area contributed by atoms with Crippen molar-refractivity contribution in [1.29, 1.82) is 0 Å². The molecule has 2 rings (SSSR count). The molecule has 2 nitrogen and oxygen atoms in total. The number of halogens is 1. The Morgan fingerprint density at radius 2 is 2.43 bits per heavy atom. The molecule has 14 heavy (non-hydrogen) atoms. The Balaban J connectivity index is 2.04. The van der Waals surface area contributed by atoms with Crippen molar-refractivity contribution < 1.29 is 13.7 Å². The van der Waals surface area contributed by atoms with E-state index in [-0.39, 0.29) is 11.6 Å². The third-order valence-electron chi connectivity index (χ3n) is 3.25. The lowest BCUT2D eigenvalue weighted by molar-refractivity contribution is -0.579. The van der Waals surface area contributed by atoms with Crippen LogP contribution in [-0.2, 0) is 4.74 Å². The Bertz CT molecular complexity index is 252. The Morgan fingerprint density at radius 1 is 1.64 bits per heavy atom. The molecule has 1 saturated heterocycles. The topological polar surface area (TPSA) is 12.2 Å². The summed E-state index contributed by atoms with van der Waals surface area (Å²) in [5.41, 5.74) is -0.0102. The van der Waals surface area contributed by atoms with Crippen molar-refractivity contribution in [2.24, 2.45) is 0 Å². The first-order chi connectivity index (χ1) is 6.62. The van der Waals surface area contributed by atoms with Crippen LogP contribution >= 0.6 is 0 Å². The molecular formula is C11H19FNO+. The summed E-state index contributed by atoms with van der Waals surface area (Å²) in [7, 11) is 0. The second-order valence-corrected chi connectivity index (χ2v) is 4.75. The predicted octanol–water partition coefficient (Wildman–Crippen LogP) is 1.77. The van der Waals surface area contributed by atoms with Crippen LogP contribution in [0, 0.1) is 0 Å². The maximum absolute atomic E-state index is 13.3. The Labute approximate surface area is 84.8 Å². The van der Waals surface area contributed by atoms with Crippen molar-refractivity contribution >= 4 is 6.21 Å². The normalized spacial score (nSPS) is 36.3. The lowest BCUT2D eigenvalue weighted by Gasteiger charge is -2.21. The third kappa shape index (κ3) is 1.70. The molecule has 0 radical (unpaired) electrons. The van der Waals surface area contributed by atoms with E-state index in [1.54, 1.807) is 6.21 Å². The second-order valence-electron chi connectivity index (χ2n) is 4.75. The molecule has 0 aromatic carbocycles. The maximum Gasteiger partial charge on any atom is 0.188 e. The Hall–Kier alpha value is -0.440. The van der Waals surface area contributed by atoms with Gasteiger partial charge in [-0.25, -0.2) is 8.97 Å². The summed E-state index contributed by atoms with van der Waals surface area (Å²) in [6, 6.07) is 0. The molecule has 0 bridgehead atoms. The number of hydrogen-bond donors (Lipinski definition) is 0. The van der Waals surface area contributed by atoms with E-state index in [0.717, 1.165) is 13.0 Å². The van der Waals surface area contributed by atoms with Gasteiger partial charge in [0.05, 0.1) is 12.5 Å². The van der Waals surface area contributed by atoms with Gasteiger partial charge in [-0.1, -0.05) is 0 Å². The summed E-state index contributed by atoms with van der Waals surface area (Å²) in [5.74, 6) is 0. The van der Waals surface area contributed by atoms with Crippen LogP contribution in [0.3, 0.4) is 0 Å². The van der Waals surface area contributed by atoms with Gasteiger partial charge in [0.15, 0.2) is 17.9 Å². The minimum absolute atomic E-state index is 0.0102. The van der Waals surface area contributed by atoms with Crippen molar-refractivity contribution in [2.75, 3.05) is 13.2 Å². The van der Waals surface area contributed by atoms with Crippen molar-refractivity contribution in [3.63, 3.8) is 0 Å². The van der Waals surface area contributed by atoms with E-state index in [4.69, 9.17) is 4.74 Å². The van der Waals surface area contributed by atoms with Crippen LogP contribution in [0.2, 0.25) is 0 Å². The van der Waals surface area contributed by atoms with E-state index in [9.17, 15) is 4.39 Å². The number of alkyl halides is 1. The van der Waals surface area contributed by atoms with Gasteiger partial charge in [-0.05, 0) is 13.8 Å². The summed E-state index contributed by atoms with van der Waals surface area (Å²) < 4.78 is 21.1. The molecule has 80 valence electrons. The largest absolute Gasteiger partial charge is 0.372 e. The smallest absolute Gasteiger partial charge is 0.188 e. The molecule has 1 fully saturated rings. The van der Waals surface area contributed by atoms with E-state index in [1.165, 1.54) is 6.42 Å². The van der Waals surface area contributed by atoms with Gasteiger partial charge in [-0.3, -0.25) is 0 Å². The molecule has 2 atom stereocenters. The van der Waals surface area contributed by atoms with Crippen LogP contribution in [0.15, 0.2) is 0 Å². The minimum Gasteiger partial charge on any atom is -0.372 e. The van der Waals surface area contributed by atoms with Crippen LogP contribution in [0.25, 0.3) is 0 Å². The lowest BCUT2D eigenvalue weighted by Crippen LogP contribution is -2.39. The highest BCUT2D eigenvalue weighted by atomic mass is 19.1. The molecule has 2 heterocycles. The summed E-state index contributed by atoms with van der Waals surface area (Å²) in [6.45, 7) is 5.74. The van der Waals surface area contributed by atoms with Crippen LogP contribution in [0.1, 0.15) is 33.1 Å². The first kappa shape index (κ1) is 10.1. The SMILES string of the molecule is CC(C)OCC12CCC[N+]1=CC(F)C2. The Morgan fingerprint density at radius 3 is 3.14 bits per heavy atom. The van der Waals surface area contributed by atoms with Gasteiger partial charge in [0.25, 0.3) is 0 Å². The van der Waals surface area contributed by atoms with Crippen molar-refractivity contribution in [3.8, 4) is 0 Å². The second kappa shape index (κ2) is 3.61. The van der Waals surface area contributed by atoms with Gasteiger partial charge in [0.1, 0.15) is 13.2 Å². The average Bonchev–Trinajstić information content (AvgIpc) is 2.56. The third-order valence-corrected chi connectivity index (χ3v) is 3.25. The summed E-state index contributed by atoms with van der Waals surface area (Å²) in [4.78, 5) is 0. The van der Waals surface area contributed by atoms with E-state index in [1.807, 2.05) is 13.8 Å². The minimum atomic E-state index is -0.758. The standard InChI is InChI=1S/C11H19FNO/c1-9(2)14-8-11-4-3-5-13(11)7-10(12)6-11/h7,9-10H,3-6,8H2,1-2H3/q+1. The summed E-state index contributed by atoms with van der Waals surface area (Å²) in [6.07, 6.45) is 4.11. The summed E-state index contributed by atoms with van der Waals surface area (Å²) in [5, 5.41) is 0. The fraction of sp³-hybridized carbons (Fsp3) is 0.909. The zero-order chi connectivity index (χ0) is 10.2. The van der Waals surface area contributed by atoms with Crippen LogP contribution in [-0.4, -0.2) is 41.8 Å². The molecule has 0 aromatic rings. The fourth-order valence-electron chi connectivity index (χ4n) is 2.56. The van der Waals surface area contributed by atoms with Crippen molar-refractivity contribution in [1.82, 2.24) is 0 Å². The van der Waals surface area contributed by atoms with Crippen LogP contribution in [0.5, 0.6) is 0 Å². The van der Waals surface area contributed by atoms with Gasteiger partial charge in [-0.2, -0.15) is 0 Å². The highest BCUT2D eigenvalue weighted by Gasteiger charge is 2.52. The fourth-order valence-corrected chi connectivity index (χ4v) is 2.56. The molecule has 0 saturated carbocycles. The van der Waals surface area contributed by atoms with E-state index in [2.05, 4.69) is 4.58 Å². The van der Waals surface area contributed by atoms with Gasteiger partial charge >= 0.3 is 0 Å². The number of ether oxygens (including phenoxy) is 1. The molecule has 2 unspecified atom stereocenters. The van der Waals surface area contributed by atoms with Gasteiger partial charge in [-0.15, -0.1) is 0 Å². The monoisotopic (exact) mass is 200 g/mol. The molecule has 3 heteroatoms. The van der Waals surface area contributed by atoms with Crippen LogP contribution in [0.4, 0.5) is 4.39 Å². The highest BCUT2D eigenvalue weighted by molar-refractivity contribution is 5.60. The predicted molar refractivity (Wildman–Crippen MR) is 53.8 cm³/mol. The first-order valence-corrected chi connectivity index (χ1v) is 5.50. The number of nitrogens with zero attached hydrogens (tertiary/aromatic N) is 1. The number of rotatable bonds is 3. The number of hydrogen-bond acceptors (Lipinski definition) is 1. The van der Waals surface area contributed by atoms with Crippen molar-refractivity contribution in [2.45, 2.75) is 50.9 Å². The lowest BCUT2D eigenvalue weighted by atomic mass is 9.94.